The number of carbonyl (C=O) groups is 1. The second-order valence-electron chi connectivity index (χ2n) is 5.04. The number of thiazole rings is 1. The van der Waals surface area contributed by atoms with Gasteiger partial charge in [0.15, 0.2) is 0 Å². The van der Waals surface area contributed by atoms with Crippen LogP contribution < -0.4 is 4.90 Å². The van der Waals surface area contributed by atoms with E-state index in [4.69, 9.17) is 14.7 Å². The van der Waals surface area contributed by atoms with Crippen molar-refractivity contribution in [2.75, 3.05) is 25.2 Å². The number of hydrogen-bond acceptors (Lipinski definition) is 6. The van der Waals surface area contributed by atoms with E-state index in [1.807, 2.05) is 24.3 Å². The fourth-order valence-electron chi connectivity index (χ4n) is 2.39. The van der Waals surface area contributed by atoms with Crippen molar-refractivity contribution in [2.24, 2.45) is 0 Å². The lowest BCUT2D eigenvalue weighted by Crippen LogP contribution is -2.25. The van der Waals surface area contributed by atoms with Gasteiger partial charge in [-0.05, 0) is 24.3 Å². The van der Waals surface area contributed by atoms with Crippen LogP contribution in [0.4, 0.5) is 10.5 Å². The summed E-state index contributed by atoms with van der Waals surface area (Å²) in [7, 11) is 1.58. The third-order valence-electron chi connectivity index (χ3n) is 3.40. The highest BCUT2D eigenvalue weighted by Gasteiger charge is 2.32. The molecule has 0 bridgehead atoms. The number of fused-ring (bicyclic) bond motifs is 1. The number of carbonyl (C=O) groups excluding carboxylic acids is 1. The van der Waals surface area contributed by atoms with E-state index in [0.29, 0.717) is 19.6 Å². The van der Waals surface area contributed by atoms with Gasteiger partial charge < -0.3 is 9.47 Å². The quantitative estimate of drug-likeness (QED) is 0.842. The molecule has 7 heteroatoms. The summed E-state index contributed by atoms with van der Waals surface area (Å²) in [6.45, 7) is 0.866. The Bertz CT molecular complexity index is 793. The molecule has 0 N–H and O–H groups in total. The zero-order chi connectivity index (χ0) is 16.2. The minimum absolute atomic E-state index is 0.242. The third kappa shape index (κ3) is 3.33. The Morgan fingerprint density at radius 1 is 1.61 bits per heavy atom. The van der Waals surface area contributed by atoms with Crippen molar-refractivity contribution < 1.29 is 14.3 Å². The Hall–Kier alpha value is -2.43. The first-order chi connectivity index (χ1) is 11.2. The summed E-state index contributed by atoms with van der Waals surface area (Å²) in [6.07, 6.45) is 3.39. The van der Waals surface area contributed by atoms with E-state index in [1.54, 1.807) is 18.1 Å². The Labute approximate surface area is 137 Å². The molecular weight excluding hydrogens is 314 g/mol. The number of hydrogen-bond donors (Lipinski definition) is 0. The first-order valence-corrected chi connectivity index (χ1v) is 7.94. The zero-order valence-corrected chi connectivity index (χ0v) is 13.4. The number of nitrogens with zero attached hydrogens (tertiary/aromatic N) is 3. The molecule has 2 aromatic rings. The van der Waals surface area contributed by atoms with Crippen molar-refractivity contribution >= 4 is 39.4 Å². The smallest absolute Gasteiger partial charge is 0.414 e. The predicted molar refractivity (Wildman–Crippen MR) is 88.4 cm³/mol. The highest BCUT2D eigenvalue weighted by atomic mass is 32.1. The van der Waals surface area contributed by atoms with Gasteiger partial charge in [0.2, 0.25) is 0 Å². The number of aromatic nitrogens is 1. The number of cyclic esters (lactones) is 1. The van der Waals surface area contributed by atoms with E-state index in [2.05, 4.69) is 11.1 Å². The van der Waals surface area contributed by atoms with Crippen LogP contribution in [0.1, 0.15) is 11.4 Å². The Balaban J connectivity index is 1.83. The molecule has 0 radical (unpaired) electrons. The molecule has 1 atom stereocenters. The van der Waals surface area contributed by atoms with Crippen LogP contribution in [0.5, 0.6) is 0 Å². The van der Waals surface area contributed by atoms with Crippen LogP contribution >= 0.6 is 11.3 Å². The normalized spacial score (nSPS) is 17.8. The number of benzene rings is 1. The van der Waals surface area contributed by atoms with Crippen molar-refractivity contribution in [3.05, 3.63) is 29.3 Å². The Morgan fingerprint density at radius 2 is 2.48 bits per heavy atom. The molecule has 1 unspecified atom stereocenters. The molecule has 23 heavy (non-hydrogen) atoms. The van der Waals surface area contributed by atoms with Crippen LogP contribution in [0, 0.1) is 11.3 Å². The fourth-order valence-corrected chi connectivity index (χ4v) is 3.32. The van der Waals surface area contributed by atoms with Gasteiger partial charge in [-0.25, -0.2) is 9.78 Å². The van der Waals surface area contributed by atoms with Crippen molar-refractivity contribution in [2.45, 2.75) is 12.5 Å². The molecule has 1 amide bonds. The summed E-state index contributed by atoms with van der Waals surface area (Å²) in [6, 6.07) is 7.75. The second-order valence-corrected chi connectivity index (χ2v) is 6.10. The molecule has 118 valence electrons. The van der Waals surface area contributed by atoms with E-state index in [0.717, 1.165) is 20.9 Å². The molecule has 1 aromatic carbocycles. The summed E-state index contributed by atoms with van der Waals surface area (Å²) in [5, 5.41) is 9.39. The third-order valence-corrected chi connectivity index (χ3v) is 4.38. The maximum absolute atomic E-state index is 12.0. The van der Waals surface area contributed by atoms with Gasteiger partial charge in [-0.3, -0.25) is 4.90 Å². The van der Waals surface area contributed by atoms with Crippen LogP contribution in [-0.2, 0) is 9.47 Å². The molecule has 3 rings (SSSR count). The number of rotatable bonds is 5. The van der Waals surface area contributed by atoms with Gasteiger partial charge in [-0.1, -0.05) is 6.08 Å². The average Bonchev–Trinajstić information content (AvgIpc) is 3.10. The molecule has 2 heterocycles. The lowest BCUT2D eigenvalue weighted by Gasteiger charge is -2.12. The van der Waals surface area contributed by atoms with Crippen LogP contribution in [-0.4, -0.2) is 37.4 Å². The van der Waals surface area contributed by atoms with E-state index in [-0.39, 0.29) is 12.2 Å². The van der Waals surface area contributed by atoms with Gasteiger partial charge in [-0.2, -0.15) is 5.26 Å². The molecule has 0 spiro atoms. The molecule has 1 saturated heterocycles. The van der Waals surface area contributed by atoms with E-state index < -0.39 is 0 Å². The van der Waals surface area contributed by atoms with Crippen LogP contribution in [0.15, 0.2) is 24.3 Å². The number of ether oxygens (including phenoxy) is 2. The van der Waals surface area contributed by atoms with Crippen molar-refractivity contribution in [1.29, 1.82) is 5.26 Å². The highest BCUT2D eigenvalue weighted by molar-refractivity contribution is 7.19. The van der Waals surface area contributed by atoms with E-state index in [9.17, 15) is 4.79 Å². The van der Waals surface area contributed by atoms with Crippen molar-refractivity contribution in [1.82, 2.24) is 4.98 Å². The van der Waals surface area contributed by atoms with Gasteiger partial charge in [0.05, 0.1) is 35.9 Å². The van der Waals surface area contributed by atoms with Crippen LogP contribution in [0.3, 0.4) is 0 Å². The molecule has 1 aromatic heterocycles. The predicted octanol–water partition coefficient (Wildman–Crippen LogP) is 3.19. The molecule has 1 fully saturated rings. The fraction of sp³-hybridized carbons (Fsp3) is 0.312. The monoisotopic (exact) mass is 329 g/mol. The second kappa shape index (κ2) is 6.77. The lowest BCUT2D eigenvalue weighted by molar-refractivity contribution is 0.0718. The van der Waals surface area contributed by atoms with Gasteiger partial charge in [-0.15, -0.1) is 11.3 Å². The minimum atomic E-state index is -0.356. The topological polar surface area (TPSA) is 75.5 Å². The molecular formula is C16H15N3O3S. The summed E-state index contributed by atoms with van der Waals surface area (Å²) >= 11 is 1.52. The first kappa shape index (κ1) is 15.5. The number of nitriles is 1. The summed E-state index contributed by atoms with van der Waals surface area (Å²) in [5.74, 6) is 0. The molecule has 6 nitrogen and oxygen atoms in total. The molecule has 1 aliphatic heterocycles. The zero-order valence-electron chi connectivity index (χ0n) is 12.6. The van der Waals surface area contributed by atoms with Crippen LogP contribution in [0.25, 0.3) is 16.3 Å². The standard InChI is InChI=1S/C16H15N3O3S/c1-21-10-12-9-19(16(20)22-12)11-5-6-13-14(8-11)23-15(18-13)4-2-3-7-17/h2,4-6,8,12H,3,9-10H2,1H3/b4-2+. The SMILES string of the molecule is COCC1CN(c2ccc3nc(/C=C/CC#N)sc3c2)C(=O)O1. The van der Waals surface area contributed by atoms with Gasteiger partial charge in [0.25, 0.3) is 0 Å². The molecule has 1 aliphatic rings. The number of methoxy groups -OCH3 is 1. The lowest BCUT2D eigenvalue weighted by atomic mass is 10.2. The van der Waals surface area contributed by atoms with Gasteiger partial charge in [0, 0.05) is 12.8 Å². The molecule has 0 aliphatic carbocycles. The van der Waals surface area contributed by atoms with E-state index >= 15 is 0 Å². The Kier molecular flexibility index (Phi) is 4.55. The van der Waals surface area contributed by atoms with Crippen molar-refractivity contribution in [3.63, 3.8) is 0 Å². The highest BCUT2D eigenvalue weighted by Crippen LogP contribution is 2.30. The van der Waals surface area contributed by atoms with Crippen LogP contribution in [0.2, 0.25) is 0 Å². The minimum Gasteiger partial charge on any atom is -0.441 e. The first-order valence-electron chi connectivity index (χ1n) is 7.12. The summed E-state index contributed by atoms with van der Waals surface area (Å²) in [5.41, 5.74) is 1.66. The number of amides is 1. The van der Waals surface area contributed by atoms with Gasteiger partial charge >= 0.3 is 6.09 Å². The average molecular weight is 329 g/mol. The number of anilines is 1. The maximum atomic E-state index is 12.0. The number of allylic oxidation sites excluding steroid dienone is 1. The summed E-state index contributed by atoms with van der Waals surface area (Å²) in [4.78, 5) is 18.1. The molecule has 0 saturated carbocycles. The maximum Gasteiger partial charge on any atom is 0.414 e. The summed E-state index contributed by atoms with van der Waals surface area (Å²) < 4.78 is 11.3. The van der Waals surface area contributed by atoms with Crippen molar-refractivity contribution in [3.8, 4) is 6.07 Å². The van der Waals surface area contributed by atoms with E-state index in [1.165, 1.54) is 11.3 Å². The van der Waals surface area contributed by atoms with Gasteiger partial charge in [0.1, 0.15) is 11.1 Å². The largest absolute Gasteiger partial charge is 0.441 e. The Morgan fingerprint density at radius 3 is 3.26 bits per heavy atom.